The van der Waals surface area contributed by atoms with Crippen LogP contribution in [0.3, 0.4) is 0 Å². The van der Waals surface area contributed by atoms with Crippen LogP contribution in [0.15, 0.2) is 0 Å². The van der Waals surface area contributed by atoms with Gasteiger partial charge in [0.1, 0.15) is 0 Å². The highest BCUT2D eigenvalue weighted by atomic mass is 16.3. The van der Waals surface area contributed by atoms with Crippen molar-refractivity contribution in [1.82, 2.24) is 5.32 Å². The summed E-state index contributed by atoms with van der Waals surface area (Å²) in [4.78, 5) is 0. The maximum atomic E-state index is 9.04. The number of aliphatic hydroxyl groups excluding tert-OH is 1. The molecule has 0 aromatic carbocycles. The molecule has 1 rings (SSSR count). The molecule has 0 spiro atoms. The Balaban J connectivity index is 2.25. The Bertz CT molecular complexity index is 136. The molecule has 0 radical (unpaired) electrons. The molecule has 78 valence electrons. The van der Waals surface area contributed by atoms with E-state index in [1.54, 1.807) is 0 Å². The molecule has 0 aromatic heterocycles. The lowest BCUT2D eigenvalue weighted by atomic mass is 9.85. The van der Waals surface area contributed by atoms with Crippen LogP contribution in [0, 0.1) is 11.8 Å². The molecule has 1 heterocycles. The quantitative estimate of drug-likeness (QED) is 0.700. The second-order valence-electron chi connectivity index (χ2n) is 4.47. The maximum Gasteiger partial charge on any atom is 0.0584 e. The summed E-state index contributed by atoms with van der Waals surface area (Å²) < 4.78 is 0. The average Bonchev–Trinajstić information content (AvgIpc) is 2.18. The van der Waals surface area contributed by atoms with Crippen LogP contribution in [0.5, 0.6) is 0 Å². The van der Waals surface area contributed by atoms with E-state index in [4.69, 9.17) is 5.11 Å². The van der Waals surface area contributed by atoms with Crippen molar-refractivity contribution in [3.63, 3.8) is 0 Å². The van der Waals surface area contributed by atoms with Crippen LogP contribution in [0.4, 0.5) is 0 Å². The van der Waals surface area contributed by atoms with Crippen molar-refractivity contribution in [2.45, 2.75) is 45.6 Å². The van der Waals surface area contributed by atoms with Gasteiger partial charge in [0.25, 0.3) is 0 Å². The Hall–Kier alpha value is -0.0800. The van der Waals surface area contributed by atoms with E-state index in [2.05, 4.69) is 19.2 Å². The molecule has 0 aliphatic carbocycles. The minimum atomic E-state index is 0.303. The molecule has 3 unspecified atom stereocenters. The largest absolute Gasteiger partial charge is 0.395 e. The number of rotatable bonds is 4. The topological polar surface area (TPSA) is 32.3 Å². The van der Waals surface area contributed by atoms with Gasteiger partial charge in [0, 0.05) is 6.04 Å². The molecule has 0 amide bonds. The van der Waals surface area contributed by atoms with Crippen LogP contribution in [0.2, 0.25) is 0 Å². The van der Waals surface area contributed by atoms with Crippen LogP contribution in [-0.4, -0.2) is 24.3 Å². The third kappa shape index (κ3) is 3.65. The van der Waals surface area contributed by atoms with Crippen LogP contribution < -0.4 is 5.32 Å². The molecule has 2 N–H and O–H groups in total. The van der Waals surface area contributed by atoms with Gasteiger partial charge < -0.3 is 10.4 Å². The summed E-state index contributed by atoms with van der Waals surface area (Å²) >= 11 is 0. The average molecular weight is 185 g/mol. The Morgan fingerprint density at radius 1 is 1.54 bits per heavy atom. The molecular formula is C11H23NO. The van der Waals surface area contributed by atoms with Gasteiger partial charge in [-0.15, -0.1) is 0 Å². The molecule has 1 saturated heterocycles. The number of hydrogen-bond donors (Lipinski definition) is 2. The Morgan fingerprint density at radius 2 is 2.31 bits per heavy atom. The summed E-state index contributed by atoms with van der Waals surface area (Å²) in [6.45, 7) is 5.98. The highest BCUT2D eigenvalue weighted by Gasteiger charge is 2.21. The number of aliphatic hydroxyl groups is 1. The summed E-state index contributed by atoms with van der Waals surface area (Å²) in [7, 11) is 0. The van der Waals surface area contributed by atoms with Crippen molar-refractivity contribution in [3.05, 3.63) is 0 Å². The van der Waals surface area contributed by atoms with E-state index in [0.29, 0.717) is 12.6 Å². The normalized spacial score (nSPS) is 31.6. The molecule has 0 saturated carbocycles. The van der Waals surface area contributed by atoms with E-state index >= 15 is 0 Å². The molecule has 2 heteroatoms. The van der Waals surface area contributed by atoms with Crippen molar-refractivity contribution < 1.29 is 5.11 Å². The molecule has 1 fully saturated rings. The van der Waals surface area contributed by atoms with E-state index in [1.165, 1.54) is 25.7 Å². The highest BCUT2D eigenvalue weighted by molar-refractivity contribution is 4.78. The lowest BCUT2D eigenvalue weighted by molar-refractivity contribution is 0.179. The second-order valence-corrected chi connectivity index (χ2v) is 4.47. The Labute approximate surface area is 81.7 Å². The summed E-state index contributed by atoms with van der Waals surface area (Å²) in [6.07, 6.45) is 5.09. The summed E-state index contributed by atoms with van der Waals surface area (Å²) in [5, 5.41) is 12.4. The molecular weight excluding hydrogens is 162 g/mol. The molecule has 1 aliphatic heterocycles. The first kappa shape index (κ1) is 11.0. The van der Waals surface area contributed by atoms with Gasteiger partial charge in [0.2, 0.25) is 0 Å². The van der Waals surface area contributed by atoms with E-state index in [-0.39, 0.29) is 0 Å². The van der Waals surface area contributed by atoms with Gasteiger partial charge in [0.05, 0.1) is 6.61 Å². The van der Waals surface area contributed by atoms with Gasteiger partial charge in [-0.05, 0) is 37.6 Å². The van der Waals surface area contributed by atoms with Gasteiger partial charge in [-0.1, -0.05) is 20.3 Å². The monoisotopic (exact) mass is 185 g/mol. The summed E-state index contributed by atoms with van der Waals surface area (Å²) in [5.41, 5.74) is 0. The zero-order valence-corrected chi connectivity index (χ0v) is 8.92. The van der Waals surface area contributed by atoms with Gasteiger partial charge >= 0.3 is 0 Å². The minimum Gasteiger partial charge on any atom is -0.395 e. The summed E-state index contributed by atoms with van der Waals surface area (Å²) in [5.74, 6) is 1.69. The molecule has 2 nitrogen and oxygen atoms in total. The van der Waals surface area contributed by atoms with E-state index in [9.17, 15) is 0 Å². The predicted molar refractivity (Wildman–Crippen MR) is 55.7 cm³/mol. The van der Waals surface area contributed by atoms with E-state index in [0.717, 1.165) is 18.4 Å². The third-order valence-electron chi connectivity index (χ3n) is 3.26. The lowest BCUT2D eigenvalue weighted by Gasteiger charge is -2.30. The zero-order valence-electron chi connectivity index (χ0n) is 8.92. The first-order chi connectivity index (χ1) is 6.26. The van der Waals surface area contributed by atoms with Gasteiger partial charge in [-0.2, -0.15) is 0 Å². The summed E-state index contributed by atoms with van der Waals surface area (Å²) in [6, 6.07) is 0.364. The fraction of sp³-hybridized carbons (Fsp3) is 1.00. The Morgan fingerprint density at radius 3 is 2.92 bits per heavy atom. The minimum absolute atomic E-state index is 0.303. The smallest absolute Gasteiger partial charge is 0.0584 e. The SMILES string of the molecule is CCC(C)CC1CCNC(CO)C1. The number of hydrogen-bond acceptors (Lipinski definition) is 2. The Kier molecular flexibility index (Phi) is 4.74. The molecule has 1 aliphatic rings. The first-order valence-electron chi connectivity index (χ1n) is 5.60. The molecule has 13 heavy (non-hydrogen) atoms. The van der Waals surface area contributed by atoms with Gasteiger partial charge in [-0.3, -0.25) is 0 Å². The molecule has 0 bridgehead atoms. The van der Waals surface area contributed by atoms with Crippen LogP contribution >= 0.6 is 0 Å². The number of piperidine rings is 1. The van der Waals surface area contributed by atoms with Crippen LogP contribution in [-0.2, 0) is 0 Å². The maximum absolute atomic E-state index is 9.04. The van der Waals surface area contributed by atoms with Crippen LogP contribution in [0.1, 0.15) is 39.5 Å². The highest BCUT2D eigenvalue weighted by Crippen LogP contribution is 2.24. The van der Waals surface area contributed by atoms with Gasteiger partial charge in [-0.25, -0.2) is 0 Å². The van der Waals surface area contributed by atoms with Crippen molar-refractivity contribution >= 4 is 0 Å². The third-order valence-corrected chi connectivity index (χ3v) is 3.26. The second kappa shape index (κ2) is 5.61. The molecule has 3 atom stereocenters. The standard InChI is InChI=1S/C11H23NO/c1-3-9(2)6-10-4-5-12-11(7-10)8-13/h9-13H,3-8H2,1-2H3. The zero-order chi connectivity index (χ0) is 9.68. The fourth-order valence-corrected chi connectivity index (χ4v) is 2.18. The van der Waals surface area contributed by atoms with Gasteiger partial charge in [0.15, 0.2) is 0 Å². The van der Waals surface area contributed by atoms with Crippen LogP contribution in [0.25, 0.3) is 0 Å². The first-order valence-corrected chi connectivity index (χ1v) is 5.60. The predicted octanol–water partition coefficient (Wildman–Crippen LogP) is 1.78. The molecule has 0 aromatic rings. The van der Waals surface area contributed by atoms with Crippen molar-refractivity contribution in [1.29, 1.82) is 0 Å². The van der Waals surface area contributed by atoms with Crippen molar-refractivity contribution in [2.75, 3.05) is 13.2 Å². The fourth-order valence-electron chi connectivity index (χ4n) is 2.18. The van der Waals surface area contributed by atoms with Crippen molar-refractivity contribution in [3.8, 4) is 0 Å². The van der Waals surface area contributed by atoms with E-state index < -0.39 is 0 Å². The van der Waals surface area contributed by atoms with E-state index in [1.807, 2.05) is 0 Å². The van der Waals surface area contributed by atoms with Crippen molar-refractivity contribution in [2.24, 2.45) is 11.8 Å². The lowest BCUT2D eigenvalue weighted by Crippen LogP contribution is -2.40. The number of nitrogens with one attached hydrogen (secondary N) is 1.